The molecule has 0 heterocycles. The average Bonchev–Trinajstić information content (AvgIpc) is 2.96. The normalized spacial score (nSPS) is 23.1. The van der Waals surface area contributed by atoms with Gasteiger partial charge in [0.15, 0.2) is 0 Å². The molecule has 0 spiro atoms. The monoisotopic (exact) mass is 221 g/mol. The van der Waals surface area contributed by atoms with Crippen LogP contribution in [0.4, 0.5) is 0 Å². The molecule has 3 heteroatoms. The lowest BCUT2D eigenvalue weighted by Crippen LogP contribution is -2.17. The lowest BCUT2D eigenvalue weighted by atomic mass is 10.2. The summed E-state index contributed by atoms with van der Waals surface area (Å²) in [4.78, 5) is 0. The van der Waals surface area contributed by atoms with Crippen molar-refractivity contribution in [2.24, 2.45) is 5.92 Å². The van der Waals surface area contributed by atoms with Crippen molar-refractivity contribution in [2.75, 3.05) is 6.61 Å². The fourth-order valence-electron chi connectivity index (χ4n) is 1.81. The number of aromatic hydroxyl groups is 1. The minimum Gasteiger partial charge on any atom is -0.508 e. The minimum atomic E-state index is 0.337. The summed E-state index contributed by atoms with van der Waals surface area (Å²) < 4.78 is 5.41. The van der Waals surface area contributed by atoms with E-state index in [4.69, 9.17) is 4.74 Å². The molecule has 0 amide bonds. The van der Waals surface area contributed by atoms with Crippen molar-refractivity contribution in [3.05, 3.63) is 23.8 Å². The van der Waals surface area contributed by atoms with Crippen molar-refractivity contribution >= 4 is 0 Å². The molecular formula is C13H19NO2. The molecule has 2 atom stereocenters. The first-order valence-corrected chi connectivity index (χ1v) is 5.88. The van der Waals surface area contributed by atoms with Gasteiger partial charge in [-0.3, -0.25) is 0 Å². The number of ether oxygens (including phenoxy) is 1. The van der Waals surface area contributed by atoms with Crippen molar-refractivity contribution in [1.82, 2.24) is 5.32 Å². The molecule has 1 aliphatic carbocycles. The molecule has 0 aliphatic heterocycles. The Hall–Kier alpha value is -1.22. The maximum absolute atomic E-state index is 9.71. The Morgan fingerprint density at radius 2 is 2.25 bits per heavy atom. The Balaban J connectivity index is 1.97. The van der Waals surface area contributed by atoms with Crippen molar-refractivity contribution < 1.29 is 9.84 Å². The molecule has 1 saturated carbocycles. The standard InChI is InChI=1S/C13H19NO2/c1-3-16-11-4-5-13(15)10(7-11)8-14-12-6-9(12)2/h4-5,7,9,12,14-15H,3,6,8H2,1-2H3. The van der Waals surface area contributed by atoms with Crippen LogP contribution in [0.5, 0.6) is 11.5 Å². The van der Waals surface area contributed by atoms with Gasteiger partial charge in [0.1, 0.15) is 11.5 Å². The van der Waals surface area contributed by atoms with Crippen molar-refractivity contribution in [1.29, 1.82) is 0 Å². The van der Waals surface area contributed by atoms with E-state index in [2.05, 4.69) is 12.2 Å². The molecule has 2 unspecified atom stereocenters. The van der Waals surface area contributed by atoms with Crippen LogP contribution in [0.25, 0.3) is 0 Å². The first-order chi connectivity index (χ1) is 7.70. The van der Waals surface area contributed by atoms with Gasteiger partial charge in [0.25, 0.3) is 0 Å². The summed E-state index contributed by atoms with van der Waals surface area (Å²) in [5.74, 6) is 1.93. The van der Waals surface area contributed by atoms with Crippen LogP contribution in [0.1, 0.15) is 25.8 Å². The Kier molecular flexibility index (Phi) is 3.34. The second kappa shape index (κ2) is 4.74. The van der Waals surface area contributed by atoms with Gasteiger partial charge in [-0.1, -0.05) is 6.92 Å². The lowest BCUT2D eigenvalue weighted by molar-refractivity contribution is 0.338. The molecule has 88 valence electrons. The van der Waals surface area contributed by atoms with Gasteiger partial charge in [-0.25, -0.2) is 0 Å². The maximum atomic E-state index is 9.71. The van der Waals surface area contributed by atoms with Gasteiger partial charge in [-0.05, 0) is 37.5 Å². The summed E-state index contributed by atoms with van der Waals surface area (Å²) in [5, 5.41) is 13.1. The zero-order valence-corrected chi connectivity index (χ0v) is 9.86. The first kappa shape index (κ1) is 11.3. The molecule has 16 heavy (non-hydrogen) atoms. The van der Waals surface area contributed by atoms with Gasteiger partial charge in [0.2, 0.25) is 0 Å². The van der Waals surface area contributed by atoms with Gasteiger partial charge < -0.3 is 15.2 Å². The molecular weight excluding hydrogens is 202 g/mol. The molecule has 1 aromatic carbocycles. The van der Waals surface area contributed by atoms with Crippen LogP contribution in [-0.2, 0) is 6.54 Å². The molecule has 1 aromatic rings. The smallest absolute Gasteiger partial charge is 0.120 e. The molecule has 3 nitrogen and oxygen atoms in total. The van der Waals surface area contributed by atoms with E-state index in [0.29, 0.717) is 24.9 Å². The van der Waals surface area contributed by atoms with E-state index >= 15 is 0 Å². The van der Waals surface area contributed by atoms with E-state index in [1.165, 1.54) is 6.42 Å². The van der Waals surface area contributed by atoms with Crippen molar-refractivity contribution in [2.45, 2.75) is 32.9 Å². The highest BCUT2D eigenvalue weighted by Gasteiger charge is 2.31. The summed E-state index contributed by atoms with van der Waals surface area (Å²) in [6, 6.07) is 6.01. The third-order valence-electron chi connectivity index (χ3n) is 3.03. The Bertz CT molecular complexity index is 365. The number of hydrogen-bond donors (Lipinski definition) is 2. The summed E-state index contributed by atoms with van der Waals surface area (Å²) in [5.41, 5.74) is 0.907. The minimum absolute atomic E-state index is 0.337. The number of phenols is 1. The van der Waals surface area contributed by atoms with E-state index in [1.807, 2.05) is 13.0 Å². The van der Waals surface area contributed by atoms with Crippen LogP contribution < -0.4 is 10.1 Å². The van der Waals surface area contributed by atoms with E-state index in [1.54, 1.807) is 12.1 Å². The van der Waals surface area contributed by atoms with Crippen LogP contribution in [0, 0.1) is 5.92 Å². The molecule has 1 fully saturated rings. The quantitative estimate of drug-likeness (QED) is 0.801. The van der Waals surface area contributed by atoms with E-state index in [-0.39, 0.29) is 0 Å². The van der Waals surface area contributed by atoms with Crippen molar-refractivity contribution in [3.63, 3.8) is 0 Å². The van der Waals surface area contributed by atoms with Crippen LogP contribution in [0.2, 0.25) is 0 Å². The molecule has 1 aliphatic rings. The summed E-state index contributed by atoms with van der Waals surface area (Å²) >= 11 is 0. The number of rotatable bonds is 5. The van der Waals surface area contributed by atoms with E-state index in [0.717, 1.165) is 17.2 Å². The molecule has 0 aromatic heterocycles. The van der Waals surface area contributed by atoms with Gasteiger partial charge in [0.05, 0.1) is 6.61 Å². The van der Waals surface area contributed by atoms with E-state index in [9.17, 15) is 5.11 Å². The molecule has 0 saturated heterocycles. The first-order valence-electron chi connectivity index (χ1n) is 5.88. The van der Waals surface area contributed by atoms with Crippen molar-refractivity contribution in [3.8, 4) is 11.5 Å². The molecule has 0 bridgehead atoms. The van der Waals surface area contributed by atoms with Crippen LogP contribution in [-0.4, -0.2) is 17.8 Å². The maximum Gasteiger partial charge on any atom is 0.120 e. The summed E-state index contributed by atoms with van der Waals surface area (Å²) in [6.07, 6.45) is 1.24. The highest BCUT2D eigenvalue weighted by atomic mass is 16.5. The highest BCUT2D eigenvalue weighted by molar-refractivity contribution is 5.39. The van der Waals surface area contributed by atoms with Gasteiger partial charge in [-0.2, -0.15) is 0 Å². The van der Waals surface area contributed by atoms with Gasteiger partial charge >= 0.3 is 0 Å². The predicted octanol–water partition coefficient (Wildman–Crippen LogP) is 2.29. The van der Waals surface area contributed by atoms with Crippen LogP contribution >= 0.6 is 0 Å². The molecule has 0 radical (unpaired) electrons. The zero-order chi connectivity index (χ0) is 11.5. The molecule has 2 N–H and O–H groups in total. The van der Waals surface area contributed by atoms with Gasteiger partial charge in [0, 0.05) is 18.2 Å². The summed E-state index contributed by atoms with van der Waals surface area (Å²) in [6.45, 7) is 5.55. The third kappa shape index (κ3) is 2.67. The number of nitrogens with one attached hydrogen (secondary N) is 1. The highest BCUT2D eigenvalue weighted by Crippen LogP contribution is 2.30. The lowest BCUT2D eigenvalue weighted by Gasteiger charge is -2.09. The number of hydrogen-bond acceptors (Lipinski definition) is 3. The average molecular weight is 221 g/mol. The molecule has 2 rings (SSSR count). The number of benzene rings is 1. The second-order valence-corrected chi connectivity index (χ2v) is 4.42. The van der Waals surface area contributed by atoms with Gasteiger partial charge in [-0.15, -0.1) is 0 Å². The van der Waals surface area contributed by atoms with E-state index < -0.39 is 0 Å². The second-order valence-electron chi connectivity index (χ2n) is 4.42. The Morgan fingerprint density at radius 1 is 1.50 bits per heavy atom. The Labute approximate surface area is 96.4 Å². The van der Waals surface area contributed by atoms with Crippen LogP contribution in [0.15, 0.2) is 18.2 Å². The topological polar surface area (TPSA) is 41.5 Å². The fourth-order valence-corrected chi connectivity index (χ4v) is 1.81. The largest absolute Gasteiger partial charge is 0.508 e. The fraction of sp³-hybridized carbons (Fsp3) is 0.538. The SMILES string of the molecule is CCOc1ccc(O)c(CNC2CC2C)c1. The summed E-state index contributed by atoms with van der Waals surface area (Å²) in [7, 11) is 0. The predicted molar refractivity (Wildman–Crippen MR) is 63.7 cm³/mol. The Morgan fingerprint density at radius 3 is 2.88 bits per heavy atom. The number of phenolic OH excluding ortho intramolecular Hbond substituents is 1. The third-order valence-corrected chi connectivity index (χ3v) is 3.03. The van der Waals surface area contributed by atoms with Crippen LogP contribution in [0.3, 0.4) is 0 Å². The zero-order valence-electron chi connectivity index (χ0n) is 9.86.